The number of aliphatic imine (C=N–C) groups is 1. The van der Waals surface area contributed by atoms with Crippen LogP contribution < -0.4 is 15.8 Å². The molecule has 0 aliphatic carbocycles. The van der Waals surface area contributed by atoms with Crippen molar-refractivity contribution in [3.63, 3.8) is 0 Å². The fraction of sp³-hybridized carbons (Fsp3) is 0.278. The van der Waals surface area contributed by atoms with E-state index in [9.17, 15) is 17.6 Å². The maximum absolute atomic E-state index is 14.0. The summed E-state index contributed by atoms with van der Waals surface area (Å²) in [6.07, 6.45) is -4.74. The van der Waals surface area contributed by atoms with Gasteiger partial charge >= 0.3 is 6.36 Å². The van der Waals surface area contributed by atoms with Gasteiger partial charge in [-0.15, -0.1) is 37.1 Å². The van der Waals surface area contributed by atoms with Gasteiger partial charge in [0, 0.05) is 17.8 Å². The summed E-state index contributed by atoms with van der Waals surface area (Å²) in [5, 5.41) is 2.74. The van der Waals surface area contributed by atoms with E-state index in [0.717, 1.165) is 12.1 Å². The van der Waals surface area contributed by atoms with Crippen LogP contribution in [0.2, 0.25) is 0 Å². The maximum atomic E-state index is 14.0. The van der Waals surface area contributed by atoms with Crippen LogP contribution in [0.25, 0.3) is 0 Å². The molecule has 5 nitrogen and oxygen atoms in total. The molecule has 0 unspecified atom stereocenters. The minimum atomic E-state index is -4.74. The van der Waals surface area contributed by atoms with E-state index >= 15 is 0 Å². The molecule has 2 rings (SSSR count). The molecule has 0 aliphatic rings. The summed E-state index contributed by atoms with van der Waals surface area (Å²) in [7, 11) is 3.71. The van der Waals surface area contributed by atoms with E-state index in [2.05, 4.69) is 15.0 Å². The van der Waals surface area contributed by atoms with Gasteiger partial charge in [-0.2, -0.15) is 0 Å². The van der Waals surface area contributed by atoms with E-state index < -0.39 is 6.36 Å². The number of guanidine groups is 1. The van der Waals surface area contributed by atoms with Crippen LogP contribution in [0.1, 0.15) is 11.1 Å². The van der Waals surface area contributed by atoms with Crippen LogP contribution in [-0.4, -0.2) is 31.3 Å². The Kier molecular flexibility index (Phi) is 8.95. The maximum Gasteiger partial charge on any atom is 0.573 e. The number of halogens is 5. The molecule has 0 aliphatic heterocycles. The van der Waals surface area contributed by atoms with Gasteiger partial charge in [0.05, 0.1) is 6.54 Å². The van der Waals surface area contributed by atoms with E-state index in [0.29, 0.717) is 23.4 Å². The molecule has 0 fully saturated rings. The second-order valence-corrected chi connectivity index (χ2v) is 6.06. The highest BCUT2D eigenvalue weighted by atomic mass is 127. The first-order valence-electron chi connectivity index (χ1n) is 7.97. The van der Waals surface area contributed by atoms with Gasteiger partial charge in [0.25, 0.3) is 0 Å². The Morgan fingerprint density at radius 3 is 2.32 bits per heavy atom. The highest BCUT2D eigenvalue weighted by Crippen LogP contribution is 2.23. The first-order valence-corrected chi connectivity index (χ1v) is 7.97. The standard InChI is InChI=1S/C18H20F4N4O.HI/c1-26(2)11-13-4-3-12(9-16(13)19)10-24-17(23)25-14-5-7-15(8-6-14)27-18(20,21)22;/h3-9H,10-11H2,1-2H3,(H3,23,24,25);1H. The quantitative estimate of drug-likeness (QED) is 0.262. The lowest BCUT2D eigenvalue weighted by atomic mass is 10.1. The fourth-order valence-corrected chi connectivity index (χ4v) is 2.26. The summed E-state index contributed by atoms with van der Waals surface area (Å²) in [6.45, 7) is 0.653. The number of nitrogens with zero attached hydrogens (tertiary/aromatic N) is 2. The third kappa shape index (κ3) is 8.30. The molecular weight excluding hydrogens is 491 g/mol. The molecule has 10 heteroatoms. The van der Waals surface area contributed by atoms with Crippen LogP contribution in [0.5, 0.6) is 5.75 Å². The van der Waals surface area contributed by atoms with Crippen molar-refractivity contribution in [1.29, 1.82) is 0 Å². The van der Waals surface area contributed by atoms with E-state index in [1.165, 1.54) is 18.2 Å². The Morgan fingerprint density at radius 1 is 1.14 bits per heavy atom. The molecule has 0 amide bonds. The number of rotatable bonds is 6. The van der Waals surface area contributed by atoms with Crippen molar-refractivity contribution in [1.82, 2.24) is 4.90 Å². The highest BCUT2D eigenvalue weighted by molar-refractivity contribution is 14.0. The highest BCUT2D eigenvalue weighted by Gasteiger charge is 2.30. The van der Waals surface area contributed by atoms with Crippen LogP contribution in [-0.2, 0) is 13.1 Å². The first kappa shape index (κ1) is 24.0. The molecule has 0 atom stereocenters. The Labute approximate surface area is 177 Å². The number of hydrogen-bond donors (Lipinski definition) is 2. The predicted molar refractivity (Wildman–Crippen MR) is 111 cm³/mol. The Balaban J connectivity index is 0.00000392. The summed E-state index contributed by atoms with van der Waals surface area (Å²) in [5.41, 5.74) is 7.43. The molecule has 0 spiro atoms. The van der Waals surface area contributed by atoms with Gasteiger partial charge in [-0.25, -0.2) is 9.38 Å². The SMILES string of the molecule is CN(C)Cc1ccc(CN=C(N)Nc2ccc(OC(F)(F)F)cc2)cc1F.I. The summed E-state index contributed by atoms with van der Waals surface area (Å²) in [5.74, 6) is -0.600. The largest absolute Gasteiger partial charge is 0.573 e. The normalized spacial score (nSPS) is 11.9. The van der Waals surface area contributed by atoms with Crippen molar-refractivity contribution in [2.45, 2.75) is 19.5 Å². The number of benzene rings is 2. The third-order valence-corrected chi connectivity index (χ3v) is 3.40. The Bertz CT molecular complexity index is 795. The van der Waals surface area contributed by atoms with Gasteiger partial charge in [0.1, 0.15) is 11.6 Å². The monoisotopic (exact) mass is 512 g/mol. The minimum Gasteiger partial charge on any atom is -0.406 e. The van der Waals surface area contributed by atoms with Crippen LogP contribution in [0.4, 0.5) is 23.2 Å². The number of ether oxygens (including phenoxy) is 1. The van der Waals surface area contributed by atoms with Crippen molar-refractivity contribution in [2.24, 2.45) is 10.7 Å². The van der Waals surface area contributed by atoms with Crippen molar-refractivity contribution in [3.8, 4) is 5.75 Å². The second-order valence-electron chi connectivity index (χ2n) is 6.06. The number of nitrogens with two attached hydrogens (primary N) is 1. The second kappa shape index (κ2) is 10.5. The van der Waals surface area contributed by atoms with Crippen molar-refractivity contribution in [3.05, 3.63) is 59.4 Å². The van der Waals surface area contributed by atoms with E-state index in [1.807, 2.05) is 19.0 Å². The zero-order chi connectivity index (χ0) is 20.0. The van der Waals surface area contributed by atoms with E-state index in [-0.39, 0.29) is 48.0 Å². The van der Waals surface area contributed by atoms with Gasteiger partial charge in [0.2, 0.25) is 0 Å². The average molecular weight is 512 g/mol. The zero-order valence-electron chi connectivity index (χ0n) is 15.3. The van der Waals surface area contributed by atoms with Crippen molar-refractivity contribution < 1.29 is 22.3 Å². The van der Waals surface area contributed by atoms with Crippen molar-refractivity contribution in [2.75, 3.05) is 19.4 Å². The fourth-order valence-electron chi connectivity index (χ4n) is 2.26. The molecule has 0 aromatic heterocycles. The lowest BCUT2D eigenvalue weighted by Crippen LogP contribution is -2.22. The predicted octanol–water partition coefficient (Wildman–Crippen LogP) is 4.33. The smallest absolute Gasteiger partial charge is 0.406 e. The van der Waals surface area contributed by atoms with Crippen LogP contribution in [0, 0.1) is 5.82 Å². The van der Waals surface area contributed by atoms with Crippen molar-refractivity contribution >= 4 is 35.6 Å². The van der Waals surface area contributed by atoms with Gasteiger partial charge in [0.15, 0.2) is 5.96 Å². The Hall–Kier alpha value is -2.08. The summed E-state index contributed by atoms with van der Waals surface area (Å²) in [4.78, 5) is 5.96. The number of hydrogen-bond acceptors (Lipinski definition) is 3. The molecule has 0 saturated carbocycles. The summed E-state index contributed by atoms with van der Waals surface area (Å²) < 4.78 is 54.2. The van der Waals surface area contributed by atoms with Gasteiger partial charge in [-0.1, -0.05) is 12.1 Å². The van der Waals surface area contributed by atoms with Crippen LogP contribution >= 0.6 is 24.0 Å². The average Bonchev–Trinajstić information content (AvgIpc) is 2.55. The lowest BCUT2D eigenvalue weighted by Gasteiger charge is -2.11. The molecule has 154 valence electrons. The van der Waals surface area contributed by atoms with E-state index in [4.69, 9.17) is 5.73 Å². The molecule has 0 saturated heterocycles. The number of anilines is 1. The first-order chi connectivity index (χ1) is 12.6. The molecule has 2 aromatic carbocycles. The molecular formula is C18H21F4IN4O. The van der Waals surface area contributed by atoms with Gasteiger partial charge < -0.3 is 20.7 Å². The van der Waals surface area contributed by atoms with Gasteiger partial charge in [-0.3, -0.25) is 0 Å². The molecule has 0 bridgehead atoms. The Morgan fingerprint density at radius 2 is 1.79 bits per heavy atom. The van der Waals surface area contributed by atoms with Crippen LogP contribution in [0.15, 0.2) is 47.5 Å². The minimum absolute atomic E-state index is 0. The molecule has 3 N–H and O–H groups in total. The summed E-state index contributed by atoms with van der Waals surface area (Å²) >= 11 is 0. The molecule has 0 radical (unpaired) electrons. The third-order valence-electron chi connectivity index (χ3n) is 3.40. The molecule has 2 aromatic rings. The van der Waals surface area contributed by atoms with Crippen LogP contribution in [0.3, 0.4) is 0 Å². The topological polar surface area (TPSA) is 62.9 Å². The van der Waals surface area contributed by atoms with E-state index in [1.54, 1.807) is 12.1 Å². The summed E-state index contributed by atoms with van der Waals surface area (Å²) in [6, 6.07) is 9.92. The zero-order valence-corrected chi connectivity index (χ0v) is 17.6. The molecule has 28 heavy (non-hydrogen) atoms. The van der Waals surface area contributed by atoms with Gasteiger partial charge in [-0.05, 0) is 50.0 Å². The molecule has 0 heterocycles. The lowest BCUT2D eigenvalue weighted by molar-refractivity contribution is -0.274. The number of nitrogens with one attached hydrogen (secondary N) is 1. The number of alkyl halides is 3.